The van der Waals surface area contributed by atoms with E-state index in [0.717, 1.165) is 28.2 Å². The van der Waals surface area contributed by atoms with Gasteiger partial charge in [-0.2, -0.15) is 0 Å². The summed E-state index contributed by atoms with van der Waals surface area (Å²) in [4.78, 5) is 12.5. The Labute approximate surface area is 163 Å². The number of aryl methyl sites for hydroxylation is 2. The number of carbonyl (C=O) groups is 1. The first kappa shape index (κ1) is 17.7. The minimum atomic E-state index is -0.146. The topological polar surface area (TPSA) is 59.8 Å². The molecule has 0 aliphatic rings. The maximum Gasteiger partial charge on any atom is 0.255 e. The van der Waals surface area contributed by atoms with Crippen molar-refractivity contribution in [3.8, 4) is 16.9 Å². The van der Waals surface area contributed by atoms with Gasteiger partial charge >= 0.3 is 0 Å². The standard InChI is InChI=1S/C23H20N4O/c1-16-3-7-18(8-4-16)22-15-24-26-27(22)21-13-9-19(10-14-21)23(28)25-20-11-5-17(2)6-12-20/h3-15H,1-2H3,(H,25,28). The molecule has 0 atom stereocenters. The monoisotopic (exact) mass is 368 g/mol. The number of benzene rings is 3. The van der Waals surface area contributed by atoms with Crippen molar-refractivity contribution < 1.29 is 4.79 Å². The Kier molecular flexibility index (Phi) is 4.72. The highest BCUT2D eigenvalue weighted by molar-refractivity contribution is 6.04. The van der Waals surface area contributed by atoms with Gasteiger partial charge in [-0.1, -0.05) is 52.7 Å². The van der Waals surface area contributed by atoms with Crippen LogP contribution >= 0.6 is 0 Å². The molecule has 0 aliphatic carbocycles. The summed E-state index contributed by atoms with van der Waals surface area (Å²) in [5.41, 5.74) is 6.50. The molecule has 5 nitrogen and oxygen atoms in total. The molecule has 1 amide bonds. The van der Waals surface area contributed by atoms with Gasteiger partial charge in [0.15, 0.2) is 0 Å². The third-order valence-electron chi connectivity index (χ3n) is 4.58. The van der Waals surface area contributed by atoms with Crippen molar-refractivity contribution in [2.75, 3.05) is 5.32 Å². The van der Waals surface area contributed by atoms with Crippen LogP contribution < -0.4 is 5.32 Å². The number of hydrogen-bond donors (Lipinski definition) is 1. The van der Waals surface area contributed by atoms with E-state index in [9.17, 15) is 4.79 Å². The fourth-order valence-electron chi connectivity index (χ4n) is 2.94. The van der Waals surface area contributed by atoms with E-state index in [1.54, 1.807) is 23.0 Å². The number of aromatic nitrogens is 3. The van der Waals surface area contributed by atoms with Gasteiger partial charge in [0, 0.05) is 16.8 Å². The van der Waals surface area contributed by atoms with E-state index in [4.69, 9.17) is 0 Å². The van der Waals surface area contributed by atoms with Crippen LogP contribution in [-0.4, -0.2) is 20.9 Å². The van der Waals surface area contributed by atoms with Crippen molar-refractivity contribution in [3.05, 3.63) is 95.7 Å². The predicted molar refractivity (Wildman–Crippen MR) is 111 cm³/mol. The van der Waals surface area contributed by atoms with Crippen LogP contribution in [0.4, 0.5) is 5.69 Å². The van der Waals surface area contributed by atoms with Crippen LogP contribution in [0.3, 0.4) is 0 Å². The quantitative estimate of drug-likeness (QED) is 0.563. The van der Waals surface area contributed by atoms with Gasteiger partial charge in [0.05, 0.1) is 17.6 Å². The number of nitrogens with zero attached hydrogens (tertiary/aromatic N) is 3. The number of amides is 1. The lowest BCUT2D eigenvalue weighted by molar-refractivity contribution is 0.102. The number of anilines is 1. The first-order valence-corrected chi connectivity index (χ1v) is 9.06. The largest absolute Gasteiger partial charge is 0.322 e. The molecule has 0 bridgehead atoms. The fraction of sp³-hybridized carbons (Fsp3) is 0.0870. The molecule has 5 heteroatoms. The van der Waals surface area contributed by atoms with Crippen molar-refractivity contribution in [3.63, 3.8) is 0 Å². The summed E-state index contributed by atoms with van der Waals surface area (Å²) in [5.74, 6) is -0.146. The molecule has 0 fully saturated rings. The van der Waals surface area contributed by atoms with Crippen LogP contribution in [0.1, 0.15) is 21.5 Å². The second-order valence-electron chi connectivity index (χ2n) is 6.76. The first-order valence-electron chi connectivity index (χ1n) is 9.06. The van der Waals surface area contributed by atoms with E-state index >= 15 is 0 Å². The highest BCUT2D eigenvalue weighted by Gasteiger charge is 2.11. The number of hydrogen-bond acceptors (Lipinski definition) is 3. The Balaban J connectivity index is 1.55. The van der Waals surface area contributed by atoms with Gasteiger partial charge in [0.2, 0.25) is 0 Å². The van der Waals surface area contributed by atoms with E-state index in [2.05, 4.69) is 34.7 Å². The zero-order valence-corrected chi connectivity index (χ0v) is 15.8. The Morgan fingerprint density at radius 2 is 1.43 bits per heavy atom. The van der Waals surface area contributed by atoms with Gasteiger partial charge in [-0.3, -0.25) is 4.79 Å². The third-order valence-corrected chi connectivity index (χ3v) is 4.58. The van der Waals surface area contributed by atoms with Gasteiger partial charge in [-0.25, -0.2) is 4.68 Å². The van der Waals surface area contributed by atoms with Crippen LogP contribution in [0, 0.1) is 13.8 Å². The summed E-state index contributed by atoms with van der Waals surface area (Å²) < 4.78 is 1.77. The smallest absolute Gasteiger partial charge is 0.255 e. The molecule has 0 saturated carbocycles. The molecule has 0 spiro atoms. The first-order chi connectivity index (χ1) is 13.6. The van der Waals surface area contributed by atoms with E-state index in [1.165, 1.54) is 5.56 Å². The van der Waals surface area contributed by atoms with Crippen molar-refractivity contribution in [1.82, 2.24) is 15.0 Å². The van der Waals surface area contributed by atoms with Crippen molar-refractivity contribution in [2.45, 2.75) is 13.8 Å². The number of nitrogens with one attached hydrogen (secondary N) is 1. The Hall–Kier alpha value is -3.73. The zero-order valence-electron chi connectivity index (χ0n) is 15.8. The highest BCUT2D eigenvalue weighted by Crippen LogP contribution is 2.22. The summed E-state index contributed by atoms with van der Waals surface area (Å²) >= 11 is 0. The molecule has 0 radical (unpaired) electrons. The minimum Gasteiger partial charge on any atom is -0.322 e. The summed E-state index contributed by atoms with van der Waals surface area (Å²) in [6.07, 6.45) is 1.74. The summed E-state index contributed by atoms with van der Waals surface area (Å²) in [5, 5.41) is 11.2. The normalized spacial score (nSPS) is 10.6. The summed E-state index contributed by atoms with van der Waals surface area (Å²) in [7, 11) is 0. The average molecular weight is 368 g/mol. The van der Waals surface area contributed by atoms with E-state index < -0.39 is 0 Å². The van der Waals surface area contributed by atoms with Crippen molar-refractivity contribution in [1.29, 1.82) is 0 Å². The lowest BCUT2D eigenvalue weighted by Gasteiger charge is -2.09. The zero-order chi connectivity index (χ0) is 19.5. The van der Waals surface area contributed by atoms with E-state index in [0.29, 0.717) is 5.56 Å². The van der Waals surface area contributed by atoms with Crippen LogP contribution in [0.15, 0.2) is 79.0 Å². The minimum absolute atomic E-state index is 0.146. The van der Waals surface area contributed by atoms with Crippen LogP contribution in [0.5, 0.6) is 0 Å². The molecule has 0 aliphatic heterocycles. The maximum absolute atomic E-state index is 12.5. The lowest BCUT2D eigenvalue weighted by atomic mass is 10.1. The predicted octanol–water partition coefficient (Wildman–Crippen LogP) is 4.80. The molecule has 0 saturated heterocycles. The number of carbonyl (C=O) groups excluding carboxylic acids is 1. The summed E-state index contributed by atoms with van der Waals surface area (Å²) in [6.45, 7) is 4.07. The van der Waals surface area contributed by atoms with Crippen LogP contribution in [0.25, 0.3) is 16.9 Å². The van der Waals surface area contributed by atoms with Gasteiger partial charge < -0.3 is 5.32 Å². The molecule has 4 aromatic rings. The Bertz CT molecular complexity index is 1090. The van der Waals surface area contributed by atoms with Gasteiger partial charge in [0.1, 0.15) is 0 Å². The second kappa shape index (κ2) is 7.48. The van der Waals surface area contributed by atoms with Crippen LogP contribution in [0.2, 0.25) is 0 Å². The maximum atomic E-state index is 12.5. The van der Waals surface area contributed by atoms with Crippen LogP contribution in [-0.2, 0) is 0 Å². The molecule has 1 aromatic heterocycles. The molecular formula is C23H20N4O. The summed E-state index contributed by atoms with van der Waals surface area (Å²) in [6, 6.07) is 23.3. The molecule has 138 valence electrons. The van der Waals surface area contributed by atoms with Gasteiger partial charge in [-0.15, -0.1) is 5.10 Å². The fourth-order valence-corrected chi connectivity index (χ4v) is 2.94. The highest BCUT2D eigenvalue weighted by atomic mass is 16.1. The molecule has 28 heavy (non-hydrogen) atoms. The van der Waals surface area contributed by atoms with Crippen molar-refractivity contribution >= 4 is 11.6 Å². The SMILES string of the molecule is Cc1ccc(NC(=O)c2ccc(-n3nncc3-c3ccc(C)cc3)cc2)cc1. The van der Waals surface area contributed by atoms with E-state index in [1.807, 2.05) is 55.5 Å². The van der Waals surface area contributed by atoms with E-state index in [-0.39, 0.29) is 5.91 Å². The number of rotatable bonds is 4. The lowest BCUT2D eigenvalue weighted by Crippen LogP contribution is -2.12. The van der Waals surface area contributed by atoms with Gasteiger partial charge in [0.25, 0.3) is 5.91 Å². The Morgan fingerprint density at radius 1 is 0.821 bits per heavy atom. The molecular weight excluding hydrogens is 348 g/mol. The molecule has 1 N–H and O–H groups in total. The third kappa shape index (κ3) is 3.69. The average Bonchev–Trinajstić information content (AvgIpc) is 3.20. The van der Waals surface area contributed by atoms with Gasteiger partial charge in [-0.05, 0) is 50.2 Å². The molecule has 1 heterocycles. The molecule has 3 aromatic carbocycles. The Morgan fingerprint density at radius 3 is 2.07 bits per heavy atom. The molecule has 4 rings (SSSR count). The molecule has 0 unspecified atom stereocenters. The second-order valence-corrected chi connectivity index (χ2v) is 6.76. The van der Waals surface area contributed by atoms with Crippen molar-refractivity contribution in [2.24, 2.45) is 0 Å².